The summed E-state index contributed by atoms with van der Waals surface area (Å²) in [4.78, 5) is 28.8. The molecule has 2 heterocycles. The van der Waals surface area contributed by atoms with Crippen molar-refractivity contribution in [2.24, 2.45) is 0 Å². The molecular weight excluding hydrogens is 336 g/mol. The van der Waals surface area contributed by atoms with Crippen molar-refractivity contribution in [1.82, 2.24) is 4.98 Å². The molecule has 3 aromatic rings. The number of H-pyrrole nitrogens is 1. The molecule has 1 amide bonds. The first-order valence-electron chi connectivity index (χ1n) is 7.90. The Morgan fingerprint density at radius 1 is 1.16 bits per heavy atom. The van der Waals surface area contributed by atoms with Crippen LogP contribution in [0.5, 0.6) is 5.75 Å². The van der Waals surface area contributed by atoms with E-state index in [1.165, 1.54) is 11.8 Å². The molecule has 5 nitrogen and oxygen atoms in total. The van der Waals surface area contributed by atoms with Crippen molar-refractivity contribution in [2.45, 2.75) is 12.3 Å². The molecule has 1 saturated heterocycles. The van der Waals surface area contributed by atoms with Gasteiger partial charge in [-0.1, -0.05) is 24.3 Å². The normalized spacial score (nSPS) is 17.4. The maximum atomic E-state index is 12.5. The van der Waals surface area contributed by atoms with Crippen molar-refractivity contribution in [2.75, 3.05) is 10.7 Å². The molecule has 6 heteroatoms. The van der Waals surface area contributed by atoms with Crippen molar-refractivity contribution in [1.29, 1.82) is 0 Å². The first-order chi connectivity index (χ1) is 12.0. The molecule has 2 N–H and O–H groups in total. The van der Waals surface area contributed by atoms with E-state index in [0.29, 0.717) is 22.5 Å². The van der Waals surface area contributed by atoms with Crippen molar-refractivity contribution in [3.8, 4) is 5.75 Å². The number of carbonyl (C=O) groups is 1. The molecule has 1 atom stereocenters. The predicted molar refractivity (Wildman–Crippen MR) is 100 cm³/mol. The lowest BCUT2D eigenvalue weighted by Crippen LogP contribution is -2.27. The Balaban J connectivity index is 1.84. The fourth-order valence-corrected chi connectivity index (χ4v) is 4.41. The number of nitrogens with one attached hydrogen (secondary N) is 1. The number of hydrogen-bond acceptors (Lipinski definition) is 4. The van der Waals surface area contributed by atoms with Crippen LogP contribution in [0.2, 0.25) is 0 Å². The second kappa shape index (κ2) is 5.97. The molecule has 0 bridgehead atoms. The van der Waals surface area contributed by atoms with Crippen LogP contribution >= 0.6 is 11.8 Å². The molecule has 0 radical (unpaired) electrons. The van der Waals surface area contributed by atoms with Crippen LogP contribution in [-0.4, -0.2) is 21.8 Å². The summed E-state index contributed by atoms with van der Waals surface area (Å²) in [7, 11) is 0. The lowest BCUT2D eigenvalue weighted by molar-refractivity contribution is -0.115. The van der Waals surface area contributed by atoms with Gasteiger partial charge in [0.05, 0.1) is 11.3 Å². The highest BCUT2D eigenvalue weighted by Gasteiger charge is 2.35. The minimum atomic E-state index is -0.289. The smallest absolute Gasteiger partial charge is 0.248 e. The Labute approximate surface area is 148 Å². The number of phenols is 1. The third-order valence-electron chi connectivity index (χ3n) is 4.38. The molecule has 1 aliphatic heterocycles. The number of carbonyl (C=O) groups excluding carboxylic acids is 1. The summed E-state index contributed by atoms with van der Waals surface area (Å²) < 4.78 is 0. The van der Waals surface area contributed by atoms with Gasteiger partial charge < -0.3 is 10.1 Å². The number of benzene rings is 2. The lowest BCUT2D eigenvalue weighted by Gasteiger charge is -2.25. The fourth-order valence-electron chi connectivity index (χ4n) is 3.20. The molecule has 25 heavy (non-hydrogen) atoms. The van der Waals surface area contributed by atoms with Crippen molar-refractivity contribution in [3.63, 3.8) is 0 Å². The number of aromatic amines is 1. The first kappa shape index (κ1) is 15.8. The van der Waals surface area contributed by atoms with E-state index in [1.54, 1.807) is 23.1 Å². The lowest BCUT2D eigenvalue weighted by atomic mass is 10.1. The zero-order chi connectivity index (χ0) is 17.6. The Morgan fingerprint density at radius 3 is 2.76 bits per heavy atom. The van der Waals surface area contributed by atoms with E-state index < -0.39 is 0 Å². The number of nitrogens with zero attached hydrogens (tertiary/aromatic N) is 1. The third kappa shape index (κ3) is 2.68. The summed E-state index contributed by atoms with van der Waals surface area (Å²) in [6, 6.07) is 14.2. The minimum absolute atomic E-state index is 0.0207. The highest BCUT2D eigenvalue weighted by Crippen LogP contribution is 2.44. The van der Waals surface area contributed by atoms with Crippen LogP contribution in [0.25, 0.3) is 10.9 Å². The van der Waals surface area contributed by atoms with Crippen molar-refractivity contribution in [3.05, 3.63) is 70.0 Å². The van der Waals surface area contributed by atoms with E-state index in [4.69, 9.17) is 0 Å². The molecule has 1 aromatic heterocycles. The number of anilines is 1. The molecule has 1 aliphatic rings. The molecule has 1 fully saturated rings. The number of fused-ring (bicyclic) bond motifs is 1. The Kier molecular flexibility index (Phi) is 3.77. The SMILES string of the molecule is Cc1cc(=O)[nH]c2cc(N3C(=O)CSC3c3ccccc3O)ccc12. The van der Waals surface area contributed by atoms with Crippen molar-refractivity contribution >= 4 is 34.3 Å². The van der Waals surface area contributed by atoms with E-state index in [1.807, 2.05) is 37.3 Å². The van der Waals surface area contributed by atoms with Gasteiger partial charge in [0.1, 0.15) is 11.1 Å². The number of pyridine rings is 1. The van der Waals surface area contributed by atoms with E-state index in [0.717, 1.165) is 10.9 Å². The number of rotatable bonds is 2. The van der Waals surface area contributed by atoms with Gasteiger partial charge >= 0.3 is 0 Å². The van der Waals surface area contributed by atoms with Gasteiger partial charge in [0.15, 0.2) is 0 Å². The van der Waals surface area contributed by atoms with Crippen LogP contribution in [0.1, 0.15) is 16.5 Å². The number of para-hydroxylation sites is 1. The molecule has 0 saturated carbocycles. The van der Waals surface area contributed by atoms with Crippen LogP contribution in [0.15, 0.2) is 53.3 Å². The summed E-state index contributed by atoms with van der Waals surface area (Å²) in [5.41, 5.74) is 2.84. The number of thioether (sulfide) groups is 1. The van der Waals surface area contributed by atoms with E-state index >= 15 is 0 Å². The number of amides is 1. The van der Waals surface area contributed by atoms with Gasteiger partial charge in [0, 0.05) is 22.7 Å². The van der Waals surface area contributed by atoms with Crippen molar-refractivity contribution < 1.29 is 9.90 Å². The largest absolute Gasteiger partial charge is 0.508 e. The topological polar surface area (TPSA) is 73.4 Å². The number of hydrogen-bond donors (Lipinski definition) is 2. The van der Waals surface area contributed by atoms with E-state index in [2.05, 4.69) is 4.98 Å². The van der Waals surface area contributed by atoms with Gasteiger partial charge in [-0.3, -0.25) is 14.5 Å². The summed E-state index contributed by atoms with van der Waals surface area (Å²) in [6.45, 7) is 1.89. The summed E-state index contributed by atoms with van der Waals surface area (Å²) in [5, 5.41) is 10.8. The summed E-state index contributed by atoms with van der Waals surface area (Å²) in [6.07, 6.45) is 0. The average Bonchev–Trinajstić information content (AvgIpc) is 2.96. The van der Waals surface area contributed by atoms with Gasteiger partial charge in [-0.05, 0) is 30.7 Å². The Bertz CT molecular complexity index is 1040. The van der Waals surface area contributed by atoms with Gasteiger partial charge in [-0.2, -0.15) is 0 Å². The second-order valence-corrected chi connectivity index (χ2v) is 7.10. The monoisotopic (exact) mass is 352 g/mol. The van der Waals surface area contributed by atoms with Crippen LogP contribution in [0.4, 0.5) is 5.69 Å². The molecule has 126 valence electrons. The van der Waals surface area contributed by atoms with Gasteiger partial charge in [0.2, 0.25) is 11.5 Å². The van der Waals surface area contributed by atoms with Crippen LogP contribution < -0.4 is 10.5 Å². The van der Waals surface area contributed by atoms with E-state index in [-0.39, 0.29) is 22.6 Å². The summed E-state index contributed by atoms with van der Waals surface area (Å²) >= 11 is 1.48. The zero-order valence-corrected chi connectivity index (χ0v) is 14.3. The number of phenolic OH excluding ortho intramolecular Hbond substituents is 1. The average molecular weight is 352 g/mol. The van der Waals surface area contributed by atoms with Crippen LogP contribution in [-0.2, 0) is 4.79 Å². The molecule has 4 rings (SSSR count). The van der Waals surface area contributed by atoms with Crippen LogP contribution in [0.3, 0.4) is 0 Å². The standard InChI is InChI=1S/C19H16N2O3S/c1-11-8-17(23)20-15-9-12(6-7-13(11)15)21-18(24)10-25-19(21)14-4-2-3-5-16(14)22/h2-9,19,22H,10H2,1H3,(H,20,23). The third-order valence-corrected chi connectivity index (χ3v) is 5.58. The maximum absolute atomic E-state index is 12.5. The molecule has 2 aromatic carbocycles. The number of aromatic hydroxyl groups is 1. The van der Waals surface area contributed by atoms with Gasteiger partial charge in [-0.25, -0.2) is 0 Å². The van der Waals surface area contributed by atoms with Crippen LogP contribution in [0, 0.1) is 6.92 Å². The minimum Gasteiger partial charge on any atom is -0.508 e. The Morgan fingerprint density at radius 2 is 1.96 bits per heavy atom. The molecule has 0 aliphatic carbocycles. The second-order valence-electron chi connectivity index (χ2n) is 6.03. The first-order valence-corrected chi connectivity index (χ1v) is 8.95. The molecule has 0 spiro atoms. The quantitative estimate of drug-likeness (QED) is 0.742. The fraction of sp³-hybridized carbons (Fsp3) is 0.158. The molecule has 1 unspecified atom stereocenters. The highest BCUT2D eigenvalue weighted by atomic mass is 32.2. The van der Waals surface area contributed by atoms with Gasteiger partial charge in [0.25, 0.3) is 0 Å². The van der Waals surface area contributed by atoms with Gasteiger partial charge in [-0.15, -0.1) is 11.8 Å². The number of aryl methyl sites for hydroxylation is 1. The predicted octanol–water partition coefficient (Wildman–Crippen LogP) is 3.32. The Hall–Kier alpha value is -2.73. The summed E-state index contributed by atoms with van der Waals surface area (Å²) in [5.74, 6) is 0.499. The maximum Gasteiger partial charge on any atom is 0.248 e. The highest BCUT2D eigenvalue weighted by molar-refractivity contribution is 8.00. The zero-order valence-electron chi connectivity index (χ0n) is 13.5. The van der Waals surface area contributed by atoms with E-state index in [9.17, 15) is 14.7 Å². The molecular formula is C19H16N2O3S. The number of aromatic nitrogens is 1.